The van der Waals surface area contributed by atoms with E-state index in [9.17, 15) is 0 Å². The highest BCUT2D eigenvalue weighted by atomic mass is 17.2. The number of hydrogen-bond acceptors (Lipinski definition) is 4. The zero-order chi connectivity index (χ0) is 10.4. The first-order valence-electron chi connectivity index (χ1n) is 5.15. The fraction of sp³-hybridized carbons (Fsp3) is 1.00. The third-order valence-corrected chi connectivity index (χ3v) is 3.74. The third-order valence-electron chi connectivity index (χ3n) is 3.74. The van der Waals surface area contributed by atoms with E-state index in [1.54, 1.807) is 0 Å². The first-order valence-corrected chi connectivity index (χ1v) is 5.15. The van der Waals surface area contributed by atoms with E-state index in [2.05, 4.69) is 4.89 Å². The Kier molecular flexibility index (Phi) is 2.34. The van der Waals surface area contributed by atoms with E-state index >= 15 is 0 Å². The van der Waals surface area contributed by atoms with Crippen LogP contribution in [0.15, 0.2) is 0 Å². The molecule has 0 unspecified atom stereocenters. The molecule has 1 saturated heterocycles. The lowest BCUT2D eigenvalue weighted by Gasteiger charge is -2.49. The van der Waals surface area contributed by atoms with Gasteiger partial charge >= 0.3 is 0 Å². The molecule has 1 aliphatic heterocycles. The van der Waals surface area contributed by atoms with Crippen LogP contribution < -0.4 is 0 Å². The van der Waals surface area contributed by atoms with E-state index in [0.717, 1.165) is 19.3 Å². The molecule has 0 spiro atoms. The Morgan fingerprint density at radius 2 is 2.07 bits per heavy atom. The van der Waals surface area contributed by atoms with Crippen LogP contribution in [-0.4, -0.2) is 22.6 Å². The lowest BCUT2D eigenvalue weighted by molar-refractivity contribution is -0.469. The van der Waals surface area contributed by atoms with Gasteiger partial charge in [-0.05, 0) is 46.0 Å². The molecule has 2 fully saturated rings. The van der Waals surface area contributed by atoms with Crippen LogP contribution in [0.25, 0.3) is 0 Å². The van der Waals surface area contributed by atoms with Gasteiger partial charge in [0, 0.05) is 0 Å². The predicted octanol–water partition coefficient (Wildman–Crippen LogP) is 2.14. The largest absolute Gasteiger partial charge is 0.251 e. The molecule has 2 bridgehead atoms. The first-order chi connectivity index (χ1) is 6.48. The number of fused-ring (bicyclic) bond motifs is 2. The third kappa shape index (κ3) is 1.46. The van der Waals surface area contributed by atoms with Gasteiger partial charge in [0.05, 0.1) is 0 Å². The quantitative estimate of drug-likeness (QED) is 0.522. The van der Waals surface area contributed by atoms with Gasteiger partial charge in [-0.2, -0.15) is 0 Å². The second-order valence-corrected chi connectivity index (χ2v) is 5.15. The van der Waals surface area contributed by atoms with Gasteiger partial charge in [0.15, 0.2) is 0 Å². The molecule has 1 saturated carbocycles. The van der Waals surface area contributed by atoms with Crippen LogP contribution in [0.4, 0.5) is 0 Å². The maximum atomic E-state index is 8.86. The summed E-state index contributed by atoms with van der Waals surface area (Å²) in [6, 6.07) is 0. The van der Waals surface area contributed by atoms with Crippen LogP contribution in [-0.2, 0) is 14.7 Å². The summed E-state index contributed by atoms with van der Waals surface area (Å²) in [6.07, 6.45) is 2.55. The summed E-state index contributed by atoms with van der Waals surface area (Å²) in [5.74, 6) is 0.490. The van der Waals surface area contributed by atoms with Gasteiger partial charge in [-0.3, -0.25) is 5.26 Å². The van der Waals surface area contributed by atoms with Gasteiger partial charge in [-0.25, -0.2) is 14.7 Å². The van der Waals surface area contributed by atoms with Crippen molar-refractivity contribution in [1.82, 2.24) is 0 Å². The van der Waals surface area contributed by atoms with E-state index in [4.69, 9.17) is 15.0 Å². The molecule has 0 aromatic heterocycles. The normalized spacial score (nSPS) is 46.3. The van der Waals surface area contributed by atoms with Crippen molar-refractivity contribution in [3.8, 4) is 0 Å². The topological polar surface area (TPSA) is 47.9 Å². The van der Waals surface area contributed by atoms with Crippen molar-refractivity contribution in [1.29, 1.82) is 0 Å². The minimum Gasteiger partial charge on any atom is -0.251 e. The van der Waals surface area contributed by atoms with Crippen molar-refractivity contribution in [2.75, 3.05) is 0 Å². The molecule has 0 amide bonds. The summed E-state index contributed by atoms with van der Waals surface area (Å²) in [5.41, 5.74) is -0.819. The summed E-state index contributed by atoms with van der Waals surface area (Å²) in [4.78, 5) is 15.2. The minimum absolute atomic E-state index is 0.153. The zero-order valence-electron chi connectivity index (χ0n) is 8.95. The Balaban J connectivity index is 2.13. The summed E-state index contributed by atoms with van der Waals surface area (Å²) in [7, 11) is 0. The maximum Gasteiger partial charge on any atom is 0.130 e. The standard InChI is InChI=1S/C10H18O4/c1-9(2)7-4-5-10(3,13-11)8(6-7)12-14-9/h7-8,11H,4-6H2,1-3H3/t7-,8-,10-/m1/s1. The molecule has 0 aromatic rings. The summed E-state index contributed by atoms with van der Waals surface area (Å²) in [5, 5.41) is 8.86. The lowest BCUT2D eigenvalue weighted by atomic mass is 9.71. The minimum atomic E-state index is -0.604. The molecule has 82 valence electrons. The van der Waals surface area contributed by atoms with Gasteiger partial charge < -0.3 is 0 Å². The molecular weight excluding hydrogens is 184 g/mol. The Morgan fingerprint density at radius 3 is 2.71 bits per heavy atom. The first kappa shape index (κ1) is 10.4. The van der Waals surface area contributed by atoms with Crippen molar-refractivity contribution in [3.05, 3.63) is 0 Å². The van der Waals surface area contributed by atoms with Gasteiger partial charge in [-0.1, -0.05) is 0 Å². The van der Waals surface area contributed by atoms with Crippen molar-refractivity contribution >= 4 is 0 Å². The monoisotopic (exact) mass is 202 g/mol. The fourth-order valence-corrected chi connectivity index (χ4v) is 2.37. The van der Waals surface area contributed by atoms with E-state index in [1.807, 2.05) is 20.8 Å². The molecule has 14 heavy (non-hydrogen) atoms. The van der Waals surface area contributed by atoms with Crippen LogP contribution in [0.1, 0.15) is 40.0 Å². The van der Waals surface area contributed by atoms with E-state index in [1.165, 1.54) is 0 Å². The molecule has 0 aromatic carbocycles. The van der Waals surface area contributed by atoms with Crippen LogP contribution in [0.5, 0.6) is 0 Å². The Morgan fingerprint density at radius 1 is 1.36 bits per heavy atom. The number of rotatable bonds is 1. The number of hydrogen-bond donors (Lipinski definition) is 1. The van der Waals surface area contributed by atoms with Crippen molar-refractivity contribution in [2.24, 2.45) is 5.92 Å². The van der Waals surface area contributed by atoms with Crippen molar-refractivity contribution < 1.29 is 19.9 Å². The van der Waals surface area contributed by atoms with Crippen molar-refractivity contribution in [2.45, 2.75) is 57.3 Å². The highest BCUT2D eigenvalue weighted by Gasteiger charge is 2.51. The SMILES string of the molecule is CC1(C)OO[C@@H]2C[C@H]1CC[C@@]2(C)OO. The molecule has 2 aliphatic rings. The molecule has 1 heterocycles. The average molecular weight is 202 g/mol. The summed E-state index contributed by atoms with van der Waals surface area (Å²) >= 11 is 0. The molecular formula is C10H18O4. The predicted molar refractivity (Wildman–Crippen MR) is 49.5 cm³/mol. The molecule has 1 N–H and O–H groups in total. The molecule has 4 nitrogen and oxygen atoms in total. The smallest absolute Gasteiger partial charge is 0.130 e. The lowest BCUT2D eigenvalue weighted by Crippen LogP contribution is -2.56. The molecule has 3 atom stereocenters. The van der Waals surface area contributed by atoms with Gasteiger partial charge in [0.2, 0.25) is 0 Å². The average Bonchev–Trinajstić information content (AvgIpc) is 2.15. The highest BCUT2D eigenvalue weighted by molar-refractivity contribution is 4.97. The summed E-state index contributed by atoms with van der Waals surface area (Å²) < 4.78 is 0. The van der Waals surface area contributed by atoms with Crippen molar-refractivity contribution in [3.63, 3.8) is 0 Å². The highest BCUT2D eigenvalue weighted by Crippen LogP contribution is 2.45. The maximum absolute atomic E-state index is 8.86. The molecule has 0 radical (unpaired) electrons. The molecule has 1 aliphatic carbocycles. The second-order valence-electron chi connectivity index (χ2n) is 5.15. The molecule has 2 rings (SSSR count). The second kappa shape index (κ2) is 3.17. The van der Waals surface area contributed by atoms with Crippen LogP contribution in [0.2, 0.25) is 0 Å². The van der Waals surface area contributed by atoms with E-state index < -0.39 is 5.60 Å². The van der Waals surface area contributed by atoms with Gasteiger partial charge in [0.1, 0.15) is 17.3 Å². The van der Waals surface area contributed by atoms with Crippen LogP contribution in [0, 0.1) is 5.92 Å². The van der Waals surface area contributed by atoms with Gasteiger partial charge in [0.25, 0.3) is 0 Å². The Labute approximate surface area is 84.0 Å². The zero-order valence-corrected chi connectivity index (χ0v) is 8.95. The van der Waals surface area contributed by atoms with Gasteiger partial charge in [-0.15, -0.1) is 0 Å². The fourth-order valence-electron chi connectivity index (χ4n) is 2.37. The van der Waals surface area contributed by atoms with Crippen LogP contribution in [0.3, 0.4) is 0 Å². The van der Waals surface area contributed by atoms with E-state index in [-0.39, 0.29) is 11.7 Å². The molecule has 4 heteroatoms. The van der Waals surface area contributed by atoms with E-state index in [0.29, 0.717) is 5.92 Å². The Hall–Kier alpha value is -0.160. The van der Waals surface area contributed by atoms with Crippen LogP contribution >= 0.6 is 0 Å². The summed E-state index contributed by atoms with van der Waals surface area (Å²) in [6.45, 7) is 5.93. The Bertz CT molecular complexity index is 228.